The first kappa shape index (κ1) is 24.9. The lowest BCUT2D eigenvalue weighted by atomic mass is 10.1. The molecular formula is C27H28ClN5O3. The number of hydrogen-bond acceptors (Lipinski definition) is 5. The van der Waals surface area contributed by atoms with Gasteiger partial charge in [-0.15, -0.1) is 0 Å². The zero-order chi connectivity index (χ0) is 25.5. The highest BCUT2D eigenvalue weighted by atomic mass is 35.5. The molecule has 0 aliphatic heterocycles. The molecule has 0 aliphatic carbocycles. The van der Waals surface area contributed by atoms with Crippen molar-refractivity contribution in [1.29, 1.82) is 0 Å². The van der Waals surface area contributed by atoms with Crippen molar-refractivity contribution in [3.8, 4) is 22.8 Å². The zero-order valence-electron chi connectivity index (χ0n) is 20.1. The van der Waals surface area contributed by atoms with Crippen LogP contribution in [0.5, 0.6) is 11.5 Å². The van der Waals surface area contributed by atoms with Crippen LogP contribution in [0.25, 0.3) is 11.3 Å². The van der Waals surface area contributed by atoms with Crippen molar-refractivity contribution in [2.75, 3.05) is 31.8 Å². The quantitative estimate of drug-likeness (QED) is 0.289. The summed E-state index contributed by atoms with van der Waals surface area (Å²) in [7, 11) is 3.18. The molecule has 0 bridgehead atoms. The summed E-state index contributed by atoms with van der Waals surface area (Å²) in [5.74, 6) is 1.66. The summed E-state index contributed by atoms with van der Waals surface area (Å²) in [4.78, 5) is 12.8. The van der Waals surface area contributed by atoms with Crippen LogP contribution in [0.2, 0.25) is 5.02 Å². The number of amides is 2. The number of halogens is 1. The number of nitrogens with one attached hydrogen (secondary N) is 2. The van der Waals surface area contributed by atoms with E-state index in [1.165, 1.54) is 0 Å². The Morgan fingerprint density at radius 1 is 0.972 bits per heavy atom. The van der Waals surface area contributed by atoms with Gasteiger partial charge in [0.2, 0.25) is 0 Å². The third-order valence-electron chi connectivity index (χ3n) is 5.67. The van der Waals surface area contributed by atoms with Crippen LogP contribution in [0, 0.1) is 0 Å². The van der Waals surface area contributed by atoms with Crippen LogP contribution in [-0.2, 0) is 13.0 Å². The predicted octanol–water partition coefficient (Wildman–Crippen LogP) is 5.22. The van der Waals surface area contributed by atoms with E-state index in [-0.39, 0.29) is 6.03 Å². The van der Waals surface area contributed by atoms with Gasteiger partial charge in [0.15, 0.2) is 11.5 Å². The number of benzene rings is 3. The van der Waals surface area contributed by atoms with Gasteiger partial charge in [0.05, 0.1) is 20.8 Å². The molecule has 0 spiro atoms. The molecule has 0 saturated carbocycles. The maximum atomic E-state index is 12.8. The second-order valence-electron chi connectivity index (χ2n) is 8.08. The molecule has 3 aromatic carbocycles. The molecule has 4 aromatic rings. The summed E-state index contributed by atoms with van der Waals surface area (Å²) in [5.41, 5.74) is 10.3. The van der Waals surface area contributed by atoms with E-state index in [1.54, 1.807) is 31.0 Å². The van der Waals surface area contributed by atoms with E-state index >= 15 is 0 Å². The molecule has 36 heavy (non-hydrogen) atoms. The lowest BCUT2D eigenvalue weighted by molar-refractivity contribution is 0.252. The van der Waals surface area contributed by atoms with Gasteiger partial charge in [0.1, 0.15) is 17.2 Å². The van der Waals surface area contributed by atoms with E-state index < -0.39 is 0 Å². The van der Waals surface area contributed by atoms with Crippen LogP contribution < -0.4 is 25.8 Å². The van der Waals surface area contributed by atoms with Gasteiger partial charge in [-0.25, -0.2) is 9.48 Å². The van der Waals surface area contributed by atoms with Crippen molar-refractivity contribution in [2.45, 2.75) is 13.0 Å². The van der Waals surface area contributed by atoms with Gasteiger partial charge < -0.3 is 25.8 Å². The average Bonchev–Trinajstić information content (AvgIpc) is 3.19. The molecule has 4 N–H and O–H groups in total. The maximum Gasteiger partial charge on any atom is 0.319 e. The van der Waals surface area contributed by atoms with Crippen molar-refractivity contribution in [3.05, 3.63) is 88.9 Å². The topological polar surface area (TPSA) is 103 Å². The number of nitrogens with zero attached hydrogens (tertiary/aromatic N) is 2. The molecule has 186 valence electrons. The summed E-state index contributed by atoms with van der Waals surface area (Å²) < 4.78 is 12.3. The van der Waals surface area contributed by atoms with E-state index in [9.17, 15) is 4.79 Å². The van der Waals surface area contributed by atoms with Gasteiger partial charge in [0, 0.05) is 17.1 Å². The number of hydrogen-bond donors (Lipinski definition) is 3. The third-order valence-corrected chi connectivity index (χ3v) is 5.92. The number of carbonyl (C=O) groups excluding carboxylic acids is 1. The van der Waals surface area contributed by atoms with Gasteiger partial charge in [0.25, 0.3) is 0 Å². The molecule has 4 rings (SSSR count). The van der Waals surface area contributed by atoms with Crippen LogP contribution >= 0.6 is 11.6 Å². The van der Waals surface area contributed by atoms with Crippen molar-refractivity contribution in [1.82, 2.24) is 15.1 Å². The van der Waals surface area contributed by atoms with Crippen LogP contribution in [-0.4, -0.2) is 36.6 Å². The minimum Gasteiger partial charge on any atom is -0.493 e. The molecule has 2 amide bonds. The Labute approximate surface area is 215 Å². The number of anilines is 2. The van der Waals surface area contributed by atoms with Crippen LogP contribution in [0.4, 0.5) is 16.3 Å². The van der Waals surface area contributed by atoms with Crippen molar-refractivity contribution < 1.29 is 14.3 Å². The Morgan fingerprint density at radius 2 is 1.69 bits per heavy atom. The van der Waals surface area contributed by atoms with Gasteiger partial charge in [-0.1, -0.05) is 60.1 Å². The van der Waals surface area contributed by atoms with E-state index in [1.807, 2.05) is 60.7 Å². The SMILES string of the molecule is COc1ccc(CCNC(=O)Nc2c(-c3ccc(Cl)cc3)nn(Cc3ccccc3)c2N)cc1OC. The Kier molecular flexibility index (Phi) is 7.97. The number of methoxy groups -OCH3 is 2. The highest BCUT2D eigenvalue weighted by Crippen LogP contribution is 2.33. The lowest BCUT2D eigenvalue weighted by Crippen LogP contribution is -2.30. The number of carbonyl (C=O) groups is 1. The first-order valence-electron chi connectivity index (χ1n) is 11.4. The first-order valence-corrected chi connectivity index (χ1v) is 11.8. The Balaban J connectivity index is 1.49. The van der Waals surface area contributed by atoms with E-state index in [0.717, 1.165) is 16.7 Å². The monoisotopic (exact) mass is 505 g/mol. The van der Waals surface area contributed by atoms with Crippen molar-refractivity contribution in [3.63, 3.8) is 0 Å². The fourth-order valence-corrected chi connectivity index (χ4v) is 3.93. The molecule has 0 atom stereocenters. The highest BCUT2D eigenvalue weighted by Gasteiger charge is 2.19. The Morgan fingerprint density at radius 3 is 2.39 bits per heavy atom. The van der Waals surface area contributed by atoms with Gasteiger partial charge in [-0.2, -0.15) is 5.10 Å². The molecule has 0 saturated heterocycles. The van der Waals surface area contributed by atoms with Crippen molar-refractivity contribution in [2.24, 2.45) is 0 Å². The summed E-state index contributed by atoms with van der Waals surface area (Å²) >= 11 is 6.07. The zero-order valence-corrected chi connectivity index (χ0v) is 20.9. The summed E-state index contributed by atoms with van der Waals surface area (Å²) in [5, 5.41) is 11.1. The van der Waals surface area contributed by atoms with E-state index in [2.05, 4.69) is 10.6 Å². The molecule has 1 aromatic heterocycles. The number of nitrogen functional groups attached to an aromatic ring is 1. The lowest BCUT2D eigenvalue weighted by Gasteiger charge is -2.11. The van der Waals surface area contributed by atoms with Crippen LogP contribution in [0.3, 0.4) is 0 Å². The Bertz CT molecular complexity index is 1320. The summed E-state index contributed by atoms with van der Waals surface area (Å²) in [6.45, 7) is 0.880. The van der Waals surface area contributed by atoms with Crippen LogP contribution in [0.1, 0.15) is 11.1 Å². The van der Waals surface area contributed by atoms with Gasteiger partial charge in [-0.05, 0) is 41.8 Å². The van der Waals surface area contributed by atoms with E-state index in [0.29, 0.717) is 53.2 Å². The molecule has 8 nitrogen and oxygen atoms in total. The molecule has 0 unspecified atom stereocenters. The fourth-order valence-electron chi connectivity index (χ4n) is 3.80. The standard InChI is InChI=1S/C27H28ClN5O3/c1-35-22-13-8-18(16-23(22)36-2)14-15-30-27(34)31-25-24(20-9-11-21(28)12-10-20)32-33(26(25)29)17-19-6-4-3-5-7-19/h3-13,16H,14-15,17,29H2,1-2H3,(H2,30,31,34). The molecular weight excluding hydrogens is 478 g/mol. The largest absolute Gasteiger partial charge is 0.493 e. The number of ether oxygens (including phenoxy) is 2. The number of nitrogens with two attached hydrogens (primary N) is 1. The average molecular weight is 506 g/mol. The first-order chi connectivity index (χ1) is 17.5. The van der Waals surface area contributed by atoms with Crippen molar-refractivity contribution >= 4 is 29.1 Å². The van der Waals surface area contributed by atoms with Crippen LogP contribution in [0.15, 0.2) is 72.8 Å². The van der Waals surface area contributed by atoms with Gasteiger partial charge >= 0.3 is 6.03 Å². The third kappa shape index (κ3) is 5.90. The highest BCUT2D eigenvalue weighted by molar-refractivity contribution is 6.30. The predicted molar refractivity (Wildman–Crippen MR) is 143 cm³/mol. The minimum atomic E-state index is -0.378. The summed E-state index contributed by atoms with van der Waals surface area (Å²) in [6, 6.07) is 22.4. The molecule has 0 fully saturated rings. The fraction of sp³-hybridized carbons (Fsp3) is 0.185. The molecule has 0 aliphatic rings. The van der Waals surface area contributed by atoms with Gasteiger partial charge in [-0.3, -0.25) is 0 Å². The molecule has 0 radical (unpaired) electrons. The minimum absolute atomic E-state index is 0.360. The second kappa shape index (κ2) is 11.5. The molecule has 9 heteroatoms. The second-order valence-corrected chi connectivity index (χ2v) is 8.52. The smallest absolute Gasteiger partial charge is 0.319 e. The number of rotatable bonds is 9. The Hall–Kier alpha value is -4.17. The molecule has 1 heterocycles. The van der Waals surface area contributed by atoms with E-state index in [4.69, 9.17) is 31.9 Å². The normalized spacial score (nSPS) is 10.6. The number of urea groups is 1. The maximum absolute atomic E-state index is 12.8. The summed E-state index contributed by atoms with van der Waals surface area (Å²) in [6.07, 6.45) is 0.612. The number of aromatic nitrogens is 2.